The molecule has 1 N–H and O–H groups in total. The third-order valence-electron chi connectivity index (χ3n) is 3.32. The molecule has 0 saturated heterocycles. The largest absolute Gasteiger partial charge is 0.468 e. The lowest BCUT2D eigenvalue weighted by atomic mass is 9.93. The highest BCUT2D eigenvalue weighted by Gasteiger charge is 2.46. The van der Waals surface area contributed by atoms with Crippen molar-refractivity contribution >= 4 is 6.47 Å². The van der Waals surface area contributed by atoms with Crippen LogP contribution in [-0.2, 0) is 14.9 Å². The molecule has 1 fully saturated rings. The molecule has 0 atom stereocenters. The Labute approximate surface area is 112 Å². The Balaban J connectivity index is 0.000000232. The van der Waals surface area contributed by atoms with Crippen molar-refractivity contribution in [3.8, 4) is 0 Å². The second kappa shape index (κ2) is 6.18. The molecule has 19 heavy (non-hydrogen) atoms. The lowest BCUT2D eigenvalue weighted by Gasteiger charge is -2.12. The minimum atomic E-state index is 0.248. The second-order valence-electron chi connectivity index (χ2n) is 4.46. The molecular weight excluding hydrogens is 240 g/mol. The maximum Gasteiger partial charge on any atom is 0.293 e. The van der Waals surface area contributed by atoms with Gasteiger partial charge in [0.05, 0.1) is 12.9 Å². The van der Waals surface area contributed by atoms with Crippen LogP contribution in [0.3, 0.4) is 0 Å². The maximum atomic E-state index is 9.18. The van der Waals surface area contributed by atoms with E-state index in [1.54, 1.807) is 13.3 Å². The molecule has 0 radical (unpaired) electrons. The third-order valence-corrected chi connectivity index (χ3v) is 3.32. The van der Waals surface area contributed by atoms with E-state index in [4.69, 9.17) is 0 Å². The van der Waals surface area contributed by atoms with Crippen LogP contribution in [-0.4, -0.2) is 23.0 Å². The topological polar surface area (TPSA) is 55.0 Å². The van der Waals surface area contributed by atoms with Crippen molar-refractivity contribution in [3.63, 3.8) is 0 Å². The number of aromatic amines is 1. The first-order valence-electron chi connectivity index (χ1n) is 6.43. The summed E-state index contributed by atoms with van der Waals surface area (Å²) in [5.41, 5.74) is 2.91. The van der Waals surface area contributed by atoms with E-state index in [2.05, 4.69) is 45.0 Å². The highest BCUT2D eigenvalue weighted by molar-refractivity contribution is 5.40. The van der Waals surface area contributed by atoms with Gasteiger partial charge in [-0.25, -0.2) is 4.98 Å². The van der Waals surface area contributed by atoms with E-state index in [0.29, 0.717) is 13.1 Å². The first-order chi connectivity index (χ1) is 9.33. The summed E-state index contributed by atoms with van der Waals surface area (Å²) in [5, 5.41) is 0. The van der Waals surface area contributed by atoms with E-state index in [1.165, 1.54) is 24.1 Å². The molecule has 0 bridgehead atoms. The number of rotatable bonds is 4. The zero-order chi connectivity index (χ0) is 13.6. The van der Waals surface area contributed by atoms with Gasteiger partial charge in [-0.2, -0.15) is 0 Å². The van der Waals surface area contributed by atoms with E-state index >= 15 is 0 Å². The van der Waals surface area contributed by atoms with E-state index in [-0.39, 0.29) is 5.41 Å². The molecule has 0 amide bonds. The molecule has 1 aliphatic carbocycles. The number of ether oxygens (including phenoxy) is 1. The van der Waals surface area contributed by atoms with Gasteiger partial charge in [-0.1, -0.05) is 30.3 Å². The predicted molar refractivity (Wildman–Crippen MR) is 72.7 cm³/mol. The normalized spacial score (nSPS) is 15.0. The molecule has 4 heteroatoms. The van der Waals surface area contributed by atoms with Crippen LogP contribution in [0.1, 0.15) is 31.0 Å². The molecule has 4 nitrogen and oxygen atoms in total. The van der Waals surface area contributed by atoms with Crippen LogP contribution in [0.25, 0.3) is 0 Å². The first kappa shape index (κ1) is 13.3. The Morgan fingerprint density at radius 3 is 2.53 bits per heavy atom. The zero-order valence-electron chi connectivity index (χ0n) is 11.0. The Morgan fingerprint density at radius 2 is 2.11 bits per heavy atom. The van der Waals surface area contributed by atoms with Gasteiger partial charge in [-0.05, 0) is 25.3 Å². The molecule has 1 aliphatic rings. The molecule has 0 unspecified atom stereocenters. The van der Waals surface area contributed by atoms with Gasteiger partial charge in [-0.3, -0.25) is 4.79 Å². The summed E-state index contributed by atoms with van der Waals surface area (Å²) in [4.78, 5) is 16.5. The van der Waals surface area contributed by atoms with E-state index in [9.17, 15) is 4.79 Å². The summed E-state index contributed by atoms with van der Waals surface area (Å²) in [6.45, 7) is 2.66. The van der Waals surface area contributed by atoms with Crippen LogP contribution in [0, 0.1) is 0 Å². The Morgan fingerprint density at radius 1 is 1.37 bits per heavy atom. The maximum absolute atomic E-state index is 9.18. The average molecular weight is 258 g/mol. The highest BCUT2D eigenvalue weighted by atomic mass is 16.5. The second-order valence-corrected chi connectivity index (χ2v) is 4.46. The fourth-order valence-electron chi connectivity index (χ4n) is 2.18. The number of imidazole rings is 1. The first-order valence-corrected chi connectivity index (χ1v) is 6.43. The molecule has 1 aromatic heterocycles. The number of H-pyrrole nitrogens is 1. The van der Waals surface area contributed by atoms with Crippen LogP contribution in [0.2, 0.25) is 0 Å². The third kappa shape index (κ3) is 3.02. The summed E-state index contributed by atoms with van der Waals surface area (Å²) in [6, 6.07) is 10.7. The lowest BCUT2D eigenvalue weighted by molar-refractivity contribution is -0.128. The van der Waals surface area contributed by atoms with Crippen molar-refractivity contribution in [1.82, 2.24) is 9.97 Å². The van der Waals surface area contributed by atoms with Crippen LogP contribution in [0.4, 0.5) is 0 Å². The highest BCUT2D eigenvalue weighted by Crippen LogP contribution is 2.52. The van der Waals surface area contributed by atoms with Crippen molar-refractivity contribution in [2.45, 2.75) is 25.2 Å². The van der Waals surface area contributed by atoms with Crippen molar-refractivity contribution in [2.24, 2.45) is 0 Å². The minimum Gasteiger partial charge on any atom is -0.468 e. The predicted octanol–water partition coefficient (Wildman–Crippen LogP) is 2.67. The number of aromatic nitrogens is 2. The SMILES string of the molecule is CCOC=O.c1ccc(C2(c3cnc[nH]3)CC2)cc1. The van der Waals surface area contributed by atoms with E-state index in [1.807, 2.05) is 6.20 Å². The molecular formula is C15H18N2O2. The van der Waals surface area contributed by atoms with Crippen LogP contribution >= 0.6 is 0 Å². The number of hydrogen-bond acceptors (Lipinski definition) is 3. The molecule has 100 valence electrons. The summed E-state index contributed by atoms with van der Waals surface area (Å²) >= 11 is 0. The van der Waals surface area contributed by atoms with Gasteiger partial charge in [-0.15, -0.1) is 0 Å². The summed E-state index contributed by atoms with van der Waals surface area (Å²) < 4.78 is 4.15. The zero-order valence-corrected chi connectivity index (χ0v) is 11.0. The average Bonchev–Trinajstić information content (AvgIpc) is 3.09. The van der Waals surface area contributed by atoms with Gasteiger partial charge in [0.1, 0.15) is 0 Å². The summed E-state index contributed by atoms with van der Waals surface area (Å²) in [5.74, 6) is 0. The van der Waals surface area contributed by atoms with Crippen molar-refractivity contribution in [2.75, 3.05) is 6.61 Å². The Hall–Kier alpha value is -2.10. The molecule has 1 heterocycles. The van der Waals surface area contributed by atoms with E-state index < -0.39 is 0 Å². The lowest BCUT2D eigenvalue weighted by Crippen LogP contribution is -2.08. The molecule has 1 saturated carbocycles. The van der Waals surface area contributed by atoms with Crippen LogP contribution < -0.4 is 0 Å². The van der Waals surface area contributed by atoms with Crippen molar-refractivity contribution < 1.29 is 9.53 Å². The fraction of sp³-hybridized carbons (Fsp3) is 0.333. The molecule has 1 aromatic carbocycles. The van der Waals surface area contributed by atoms with Gasteiger partial charge >= 0.3 is 0 Å². The molecule has 2 aromatic rings. The molecule has 0 spiro atoms. The number of nitrogens with zero attached hydrogens (tertiary/aromatic N) is 1. The Bertz CT molecular complexity index is 490. The van der Waals surface area contributed by atoms with Crippen molar-refractivity contribution in [1.29, 1.82) is 0 Å². The number of carbonyl (C=O) groups is 1. The van der Waals surface area contributed by atoms with Crippen LogP contribution in [0.15, 0.2) is 42.9 Å². The quantitative estimate of drug-likeness (QED) is 0.858. The summed E-state index contributed by atoms with van der Waals surface area (Å²) in [6.07, 6.45) is 6.18. The van der Waals surface area contributed by atoms with Gasteiger partial charge in [0.2, 0.25) is 0 Å². The number of carbonyl (C=O) groups excluding carboxylic acids is 1. The molecule has 0 aliphatic heterocycles. The van der Waals surface area contributed by atoms with Gasteiger partial charge in [0.15, 0.2) is 0 Å². The number of benzene rings is 1. The fourth-order valence-corrected chi connectivity index (χ4v) is 2.18. The van der Waals surface area contributed by atoms with Gasteiger partial charge < -0.3 is 9.72 Å². The van der Waals surface area contributed by atoms with Crippen LogP contribution in [0.5, 0.6) is 0 Å². The minimum absolute atomic E-state index is 0.248. The van der Waals surface area contributed by atoms with E-state index in [0.717, 1.165) is 0 Å². The standard InChI is InChI=1S/C12H12N2.C3H6O2/c1-2-4-10(5-3-1)12(6-7-12)11-8-13-9-14-11;1-2-5-3-4/h1-5,8-9H,6-7H2,(H,13,14);3H,2H2,1H3. The number of nitrogens with one attached hydrogen (secondary N) is 1. The van der Waals surface area contributed by atoms with Crippen molar-refractivity contribution in [3.05, 3.63) is 54.1 Å². The molecule has 3 rings (SSSR count). The smallest absolute Gasteiger partial charge is 0.293 e. The number of hydrogen-bond donors (Lipinski definition) is 1. The summed E-state index contributed by atoms with van der Waals surface area (Å²) in [7, 11) is 0. The van der Waals surface area contributed by atoms with Gasteiger partial charge in [0, 0.05) is 17.3 Å². The monoisotopic (exact) mass is 258 g/mol. The van der Waals surface area contributed by atoms with Gasteiger partial charge in [0.25, 0.3) is 6.47 Å². The Kier molecular flexibility index (Phi) is 4.34.